The summed E-state index contributed by atoms with van der Waals surface area (Å²) < 4.78 is 1.87. The van der Waals surface area contributed by atoms with Gasteiger partial charge < -0.3 is 14.8 Å². The number of nitrogens with one attached hydrogen (secondary N) is 1. The lowest BCUT2D eigenvalue weighted by Gasteiger charge is -2.22. The first-order valence-electron chi connectivity index (χ1n) is 10.1. The van der Waals surface area contributed by atoms with Crippen molar-refractivity contribution in [1.29, 1.82) is 0 Å². The number of pyridine rings is 1. The Bertz CT molecular complexity index is 1190. The number of anilines is 1. The fourth-order valence-corrected chi connectivity index (χ4v) is 3.53. The highest BCUT2D eigenvalue weighted by molar-refractivity contribution is 5.95. The molecular weight excluding hydrogens is 390 g/mol. The standard InChI is InChI=1S/C24H23N5O2/c1-2-28(19-8-4-3-5-9-19)23(30)17-29-21-11-7-6-10-20(21)27-22(29)16-26-24(31)18-12-14-25-15-13-18/h3-15H,2,16-17H2,1H3,(H,26,31). The minimum absolute atomic E-state index is 0.0430. The molecule has 0 spiro atoms. The number of carbonyl (C=O) groups is 2. The Balaban J connectivity index is 1.59. The lowest BCUT2D eigenvalue weighted by Crippen LogP contribution is -2.34. The van der Waals surface area contributed by atoms with Gasteiger partial charge in [-0.25, -0.2) is 4.98 Å². The van der Waals surface area contributed by atoms with E-state index in [0.29, 0.717) is 17.9 Å². The van der Waals surface area contributed by atoms with Gasteiger partial charge >= 0.3 is 0 Å². The summed E-state index contributed by atoms with van der Waals surface area (Å²) in [5.41, 5.74) is 3.02. The fourth-order valence-electron chi connectivity index (χ4n) is 3.53. The van der Waals surface area contributed by atoms with Crippen LogP contribution in [0.5, 0.6) is 0 Å². The van der Waals surface area contributed by atoms with E-state index in [4.69, 9.17) is 0 Å². The summed E-state index contributed by atoms with van der Waals surface area (Å²) in [6.45, 7) is 2.85. The molecule has 0 bridgehead atoms. The Hall–Kier alpha value is -4.00. The van der Waals surface area contributed by atoms with Gasteiger partial charge in [-0.1, -0.05) is 30.3 Å². The van der Waals surface area contributed by atoms with Crippen molar-refractivity contribution in [3.05, 3.63) is 90.5 Å². The second kappa shape index (κ2) is 9.21. The van der Waals surface area contributed by atoms with Gasteiger partial charge in [0.15, 0.2) is 0 Å². The molecule has 2 aromatic carbocycles. The first-order chi connectivity index (χ1) is 15.2. The number of aromatic nitrogens is 3. The Morgan fingerprint density at radius 3 is 2.42 bits per heavy atom. The van der Waals surface area contributed by atoms with Crippen LogP contribution < -0.4 is 10.2 Å². The number of hydrogen-bond donors (Lipinski definition) is 1. The molecule has 4 rings (SSSR count). The quantitative estimate of drug-likeness (QED) is 0.504. The molecule has 0 fully saturated rings. The molecule has 2 heterocycles. The number of fused-ring (bicyclic) bond motifs is 1. The molecule has 7 nitrogen and oxygen atoms in total. The normalized spacial score (nSPS) is 10.7. The van der Waals surface area contributed by atoms with Crippen LogP contribution in [0, 0.1) is 0 Å². The minimum Gasteiger partial charge on any atom is -0.345 e. The average molecular weight is 413 g/mol. The van der Waals surface area contributed by atoms with Gasteiger partial charge in [-0.3, -0.25) is 14.6 Å². The van der Waals surface area contributed by atoms with Crippen LogP contribution in [0.1, 0.15) is 23.1 Å². The van der Waals surface area contributed by atoms with Crippen molar-refractivity contribution in [2.75, 3.05) is 11.4 Å². The van der Waals surface area contributed by atoms with E-state index < -0.39 is 0 Å². The molecule has 7 heteroatoms. The van der Waals surface area contributed by atoms with Gasteiger partial charge in [0.25, 0.3) is 5.91 Å². The number of carbonyl (C=O) groups excluding carboxylic acids is 2. The number of para-hydroxylation sites is 3. The van der Waals surface area contributed by atoms with Crippen LogP contribution in [0.4, 0.5) is 5.69 Å². The number of likely N-dealkylation sites (N-methyl/N-ethyl adjacent to an activating group) is 1. The van der Waals surface area contributed by atoms with Gasteiger partial charge in [0.1, 0.15) is 12.4 Å². The summed E-state index contributed by atoms with van der Waals surface area (Å²) in [6, 6.07) is 20.6. The number of hydrogen-bond acceptors (Lipinski definition) is 4. The van der Waals surface area contributed by atoms with Gasteiger partial charge in [0, 0.05) is 30.2 Å². The highest BCUT2D eigenvalue weighted by atomic mass is 16.2. The van der Waals surface area contributed by atoms with Crippen molar-refractivity contribution < 1.29 is 9.59 Å². The predicted octanol–water partition coefficient (Wildman–Crippen LogP) is 3.41. The number of rotatable bonds is 7. The van der Waals surface area contributed by atoms with Crippen molar-refractivity contribution in [2.45, 2.75) is 20.0 Å². The van der Waals surface area contributed by atoms with E-state index in [-0.39, 0.29) is 24.9 Å². The van der Waals surface area contributed by atoms with Gasteiger partial charge in [-0.2, -0.15) is 0 Å². The molecule has 0 aliphatic carbocycles. The van der Waals surface area contributed by atoms with Crippen molar-refractivity contribution in [3.63, 3.8) is 0 Å². The summed E-state index contributed by atoms with van der Waals surface area (Å²) in [6.07, 6.45) is 3.15. The lowest BCUT2D eigenvalue weighted by atomic mass is 10.2. The van der Waals surface area contributed by atoms with Crippen LogP contribution >= 0.6 is 0 Å². The molecule has 0 saturated heterocycles. The molecule has 4 aromatic rings. The lowest BCUT2D eigenvalue weighted by molar-refractivity contribution is -0.119. The van der Waals surface area contributed by atoms with E-state index in [1.165, 1.54) is 0 Å². The maximum Gasteiger partial charge on any atom is 0.251 e. The third-order valence-corrected chi connectivity index (χ3v) is 5.06. The largest absolute Gasteiger partial charge is 0.345 e. The van der Waals surface area contributed by atoms with E-state index in [2.05, 4.69) is 15.3 Å². The van der Waals surface area contributed by atoms with E-state index in [1.807, 2.05) is 66.1 Å². The molecule has 2 aromatic heterocycles. The highest BCUT2D eigenvalue weighted by Gasteiger charge is 2.19. The smallest absolute Gasteiger partial charge is 0.251 e. The number of imidazole rings is 1. The Morgan fingerprint density at radius 2 is 1.68 bits per heavy atom. The minimum atomic E-state index is -0.216. The zero-order valence-electron chi connectivity index (χ0n) is 17.2. The molecule has 0 unspecified atom stereocenters. The van der Waals surface area contributed by atoms with Gasteiger partial charge in [-0.05, 0) is 43.3 Å². The van der Waals surface area contributed by atoms with Gasteiger partial charge in [0.05, 0.1) is 17.6 Å². The van der Waals surface area contributed by atoms with Crippen molar-refractivity contribution >= 4 is 28.5 Å². The first kappa shape index (κ1) is 20.3. The van der Waals surface area contributed by atoms with Crippen LogP contribution in [0.15, 0.2) is 79.1 Å². The Labute approximate surface area is 180 Å². The van der Waals surface area contributed by atoms with Crippen LogP contribution in [0.3, 0.4) is 0 Å². The van der Waals surface area contributed by atoms with Crippen LogP contribution in [0.2, 0.25) is 0 Å². The molecule has 2 amide bonds. The van der Waals surface area contributed by atoms with Crippen LogP contribution in [-0.4, -0.2) is 32.9 Å². The van der Waals surface area contributed by atoms with Crippen molar-refractivity contribution in [1.82, 2.24) is 19.9 Å². The fraction of sp³-hybridized carbons (Fsp3) is 0.167. The molecule has 31 heavy (non-hydrogen) atoms. The van der Waals surface area contributed by atoms with Gasteiger partial charge in [-0.15, -0.1) is 0 Å². The topological polar surface area (TPSA) is 80.1 Å². The summed E-state index contributed by atoms with van der Waals surface area (Å²) in [5, 5.41) is 2.89. The average Bonchev–Trinajstić information content (AvgIpc) is 3.16. The summed E-state index contributed by atoms with van der Waals surface area (Å²) >= 11 is 0. The summed E-state index contributed by atoms with van der Waals surface area (Å²) in [7, 11) is 0. The maximum atomic E-state index is 13.2. The molecular formula is C24H23N5O2. The van der Waals surface area contributed by atoms with E-state index in [0.717, 1.165) is 16.7 Å². The summed E-state index contributed by atoms with van der Waals surface area (Å²) in [4.78, 5) is 36.0. The van der Waals surface area contributed by atoms with Gasteiger partial charge in [0.2, 0.25) is 5.91 Å². The Kier molecular flexibility index (Phi) is 6.03. The van der Waals surface area contributed by atoms with E-state index in [1.54, 1.807) is 29.4 Å². The second-order valence-electron chi connectivity index (χ2n) is 7.00. The zero-order chi connectivity index (χ0) is 21.6. The maximum absolute atomic E-state index is 13.2. The zero-order valence-corrected chi connectivity index (χ0v) is 17.2. The number of benzene rings is 2. The van der Waals surface area contributed by atoms with Crippen LogP contribution in [-0.2, 0) is 17.9 Å². The number of nitrogens with zero attached hydrogens (tertiary/aromatic N) is 4. The molecule has 156 valence electrons. The third-order valence-electron chi connectivity index (χ3n) is 5.06. The molecule has 1 N–H and O–H groups in total. The highest BCUT2D eigenvalue weighted by Crippen LogP contribution is 2.19. The Morgan fingerprint density at radius 1 is 0.968 bits per heavy atom. The van der Waals surface area contributed by atoms with E-state index in [9.17, 15) is 9.59 Å². The SMILES string of the molecule is CCN(C(=O)Cn1c(CNC(=O)c2ccncc2)nc2ccccc21)c1ccccc1. The summed E-state index contributed by atoms with van der Waals surface area (Å²) in [5.74, 6) is 0.367. The number of amides is 2. The second-order valence-corrected chi connectivity index (χ2v) is 7.00. The molecule has 0 saturated carbocycles. The van der Waals surface area contributed by atoms with Crippen LogP contribution in [0.25, 0.3) is 11.0 Å². The van der Waals surface area contributed by atoms with Crippen molar-refractivity contribution in [3.8, 4) is 0 Å². The van der Waals surface area contributed by atoms with Crippen molar-refractivity contribution in [2.24, 2.45) is 0 Å². The monoisotopic (exact) mass is 413 g/mol. The first-order valence-corrected chi connectivity index (χ1v) is 10.1. The molecule has 0 aliphatic heterocycles. The molecule has 0 atom stereocenters. The molecule has 0 radical (unpaired) electrons. The predicted molar refractivity (Wildman–Crippen MR) is 120 cm³/mol. The third kappa shape index (κ3) is 4.45. The molecule has 0 aliphatic rings. The van der Waals surface area contributed by atoms with E-state index >= 15 is 0 Å².